The van der Waals surface area contributed by atoms with E-state index in [1.807, 2.05) is 24.3 Å². The zero-order valence-corrected chi connectivity index (χ0v) is 21.3. The van der Waals surface area contributed by atoms with Crippen molar-refractivity contribution >= 4 is 77.1 Å². The van der Waals surface area contributed by atoms with Gasteiger partial charge in [0, 0.05) is 15.2 Å². The number of rotatable bonds is 6. The Hall–Kier alpha value is -2.11. The van der Waals surface area contributed by atoms with Gasteiger partial charge in [0.05, 0.1) is 8.95 Å². The summed E-state index contributed by atoms with van der Waals surface area (Å²) in [6.07, 6.45) is 1.52. The molecule has 3 rings (SSSR count). The van der Waals surface area contributed by atoms with Gasteiger partial charge in [-0.15, -0.1) is 0 Å². The maximum absolute atomic E-state index is 12.5. The van der Waals surface area contributed by atoms with Crippen LogP contribution in [0.25, 0.3) is 6.08 Å². The molecule has 0 aliphatic heterocycles. The molecule has 3 aromatic rings. The first kappa shape index (κ1) is 23.6. The number of nitriles is 1. The molecule has 3 aromatic carbocycles. The highest BCUT2D eigenvalue weighted by atomic mass is 79.9. The van der Waals surface area contributed by atoms with E-state index >= 15 is 0 Å². The minimum atomic E-state index is -0.490. The molecule has 0 unspecified atom stereocenters. The molecular formula is C23H14Br3ClN2O2. The number of halogens is 4. The summed E-state index contributed by atoms with van der Waals surface area (Å²) in [6, 6.07) is 20.1. The van der Waals surface area contributed by atoms with Crippen LogP contribution in [0.1, 0.15) is 11.1 Å². The molecule has 4 nitrogen and oxygen atoms in total. The van der Waals surface area contributed by atoms with E-state index in [1.165, 1.54) is 6.08 Å². The number of nitrogens with zero attached hydrogens (tertiary/aromatic N) is 1. The Kier molecular flexibility index (Phi) is 8.33. The van der Waals surface area contributed by atoms with Crippen molar-refractivity contribution in [2.24, 2.45) is 0 Å². The Morgan fingerprint density at radius 1 is 1.06 bits per heavy atom. The third-order valence-corrected chi connectivity index (χ3v) is 6.00. The summed E-state index contributed by atoms with van der Waals surface area (Å²) in [4.78, 5) is 12.5. The summed E-state index contributed by atoms with van der Waals surface area (Å²) < 4.78 is 8.11. The maximum Gasteiger partial charge on any atom is 0.266 e. The van der Waals surface area contributed by atoms with Gasteiger partial charge in [0.2, 0.25) is 0 Å². The second-order valence-electron chi connectivity index (χ2n) is 6.36. The van der Waals surface area contributed by atoms with Crippen molar-refractivity contribution < 1.29 is 9.53 Å². The summed E-state index contributed by atoms with van der Waals surface area (Å²) in [6.45, 7) is 0.363. The summed E-state index contributed by atoms with van der Waals surface area (Å²) in [5.41, 5.74) is 2.21. The van der Waals surface area contributed by atoms with Crippen molar-refractivity contribution in [2.75, 3.05) is 5.32 Å². The zero-order valence-electron chi connectivity index (χ0n) is 15.8. The van der Waals surface area contributed by atoms with Crippen LogP contribution < -0.4 is 10.1 Å². The van der Waals surface area contributed by atoms with Gasteiger partial charge in [0.25, 0.3) is 5.91 Å². The topological polar surface area (TPSA) is 62.1 Å². The molecule has 1 N–H and O–H groups in total. The SMILES string of the molecule is N#C/C(=C/c1cc(Br)c(OCc2ccc(Cl)cc2)c(Br)c1)C(=O)Nc1cccc(Br)c1. The lowest BCUT2D eigenvalue weighted by Gasteiger charge is -2.12. The number of hydrogen-bond donors (Lipinski definition) is 1. The Balaban J connectivity index is 1.76. The van der Waals surface area contributed by atoms with E-state index in [-0.39, 0.29) is 5.57 Å². The molecule has 0 saturated heterocycles. The number of ether oxygens (including phenoxy) is 1. The third kappa shape index (κ3) is 6.68. The number of nitrogens with one attached hydrogen (secondary N) is 1. The summed E-state index contributed by atoms with van der Waals surface area (Å²) in [5.74, 6) is 0.125. The number of benzene rings is 3. The fraction of sp³-hybridized carbons (Fsp3) is 0.0435. The fourth-order valence-corrected chi connectivity index (χ4v) is 4.59. The van der Waals surface area contributed by atoms with E-state index in [2.05, 4.69) is 53.1 Å². The van der Waals surface area contributed by atoms with Crippen LogP contribution in [-0.4, -0.2) is 5.91 Å². The first-order valence-electron chi connectivity index (χ1n) is 8.90. The minimum Gasteiger partial charge on any atom is -0.487 e. The highest BCUT2D eigenvalue weighted by Gasteiger charge is 2.13. The molecule has 8 heteroatoms. The van der Waals surface area contributed by atoms with Gasteiger partial charge in [-0.3, -0.25) is 4.79 Å². The summed E-state index contributed by atoms with van der Waals surface area (Å²) in [7, 11) is 0. The predicted octanol–water partition coefficient (Wildman–Crippen LogP) is 7.75. The molecule has 0 aliphatic carbocycles. The van der Waals surface area contributed by atoms with Crippen LogP contribution in [0.5, 0.6) is 5.75 Å². The molecule has 0 heterocycles. The highest BCUT2D eigenvalue weighted by molar-refractivity contribution is 9.11. The maximum atomic E-state index is 12.5. The molecule has 1 amide bonds. The molecule has 156 valence electrons. The first-order valence-corrected chi connectivity index (χ1v) is 11.7. The second kappa shape index (κ2) is 11.0. The lowest BCUT2D eigenvalue weighted by Crippen LogP contribution is -2.13. The van der Waals surface area contributed by atoms with Gasteiger partial charge in [-0.1, -0.05) is 45.7 Å². The number of carbonyl (C=O) groups excluding carboxylic acids is 1. The van der Waals surface area contributed by atoms with Crippen molar-refractivity contribution in [2.45, 2.75) is 6.61 Å². The van der Waals surface area contributed by atoms with Crippen LogP contribution in [0.2, 0.25) is 5.02 Å². The predicted molar refractivity (Wildman–Crippen MR) is 134 cm³/mol. The van der Waals surface area contributed by atoms with Gasteiger partial charge in [-0.05, 0) is 91.5 Å². The van der Waals surface area contributed by atoms with Crippen molar-refractivity contribution in [1.29, 1.82) is 5.26 Å². The number of amides is 1. The summed E-state index contributed by atoms with van der Waals surface area (Å²) in [5, 5.41) is 12.9. The van der Waals surface area contributed by atoms with Crippen LogP contribution in [0.3, 0.4) is 0 Å². The van der Waals surface area contributed by atoms with E-state index in [1.54, 1.807) is 42.5 Å². The van der Waals surface area contributed by atoms with Gasteiger partial charge >= 0.3 is 0 Å². The monoisotopic (exact) mass is 622 g/mol. The molecule has 0 saturated carbocycles. The number of hydrogen-bond acceptors (Lipinski definition) is 3. The first-order chi connectivity index (χ1) is 14.9. The Labute approximate surface area is 210 Å². The number of anilines is 1. The quantitative estimate of drug-likeness (QED) is 0.225. The molecule has 0 atom stereocenters. The van der Waals surface area contributed by atoms with Gasteiger partial charge in [-0.2, -0.15) is 5.26 Å². The van der Waals surface area contributed by atoms with Gasteiger partial charge in [0.15, 0.2) is 0 Å². The molecule has 31 heavy (non-hydrogen) atoms. The van der Waals surface area contributed by atoms with Gasteiger partial charge in [0.1, 0.15) is 24.0 Å². The van der Waals surface area contributed by atoms with Crippen LogP contribution in [0, 0.1) is 11.3 Å². The standard InChI is InChI=1S/C23H14Br3ClN2O2/c24-17-2-1-3-19(11-17)29-23(30)16(12-28)8-15-9-20(25)22(21(26)10-15)31-13-14-4-6-18(27)7-5-14/h1-11H,13H2,(H,29,30)/b16-8-. The molecule has 0 aromatic heterocycles. The molecule has 0 radical (unpaired) electrons. The van der Waals surface area contributed by atoms with E-state index < -0.39 is 5.91 Å². The van der Waals surface area contributed by atoms with Crippen LogP contribution >= 0.6 is 59.4 Å². The van der Waals surface area contributed by atoms with Crippen LogP contribution in [-0.2, 0) is 11.4 Å². The lowest BCUT2D eigenvalue weighted by atomic mass is 10.1. The third-order valence-electron chi connectivity index (χ3n) is 4.08. The zero-order chi connectivity index (χ0) is 22.4. The number of carbonyl (C=O) groups is 1. The molecular weight excluding hydrogens is 611 g/mol. The Bertz CT molecular complexity index is 1170. The molecule has 0 spiro atoms. The van der Waals surface area contributed by atoms with E-state index in [9.17, 15) is 10.1 Å². The molecule has 0 fully saturated rings. The second-order valence-corrected chi connectivity index (χ2v) is 9.42. The van der Waals surface area contributed by atoms with E-state index in [0.717, 1.165) is 10.0 Å². The average Bonchev–Trinajstić information content (AvgIpc) is 2.72. The minimum absolute atomic E-state index is 0.0198. The highest BCUT2D eigenvalue weighted by Crippen LogP contribution is 2.36. The van der Waals surface area contributed by atoms with E-state index in [4.69, 9.17) is 16.3 Å². The van der Waals surface area contributed by atoms with Crippen molar-refractivity contribution in [1.82, 2.24) is 0 Å². The van der Waals surface area contributed by atoms with Gasteiger partial charge in [-0.25, -0.2) is 0 Å². The average molecular weight is 626 g/mol. The van der Waals surface area contributed by atoms with Crippen LogP contribution in [0.15, 0.2) is 79.7 Å². The van der Waals surface area contributed by atoms with Crippen molar-refractivity contribution in [3.05, 3.63) is 95.8 Å². The molecule has 0 bridgehead atoms. The van der Waals surface area contributed by atoms with Gasteiger partial charge < -0.3 is 10.1 Å². The smallest absolute Gasteiger partial charge is 0.266 e. The normalized spacial score (nSPS) is 11.0. The van der Waals surface area contributed by atoms with Crippen molar-refractivity contribution in [3.63, 3.8) is 0 Å². The Morgan fingerprint density at radius 3 is 2.35 bits per heavy atom. The molecule has 0 aliphatic rings. The summed E-state index contributed by atoms with van der Waals surface area (Å²) >= 11 is 16.3. The van der Waals surface area contributed by atoms with Crippen molar-refractivity contribution in [3.8, 4) is 11.8 Å². The Morgan fingerprint density at radius 2 is 1.74 bits per heavy atom. The van der Waals surface area contributed by atoms with Crippen LogP contribution in [0.4, 0.5) is 5.69 Å². The fourth-order valence-electron chi connectivity index (χ4n) is 2.62. The lowest BCUT2D eigenvalue weighted by molar-refractivity contribution is -0.112. The van der Waals surface area contributed by atoms with E-state index in [0.29, 0.717) is 37.6 Å². The largest absolute Gasteiger partial charge is 0.487 e.